The molecule has 1 atom stereocenters. The van der Waals surface area contributed by atoms with Gasteiger partial charge in [0.15, 0.2) is 0 Å². The van der Waals surface area contributed by atoms with Gasteiger partial charge in [-0.25, -0.2) is 8.42 Å². The molecular weight excluding hydrogens is 338 g/mol. The van der Waals surface area contributed by atoms with Gasteiger partial charge in [-0.1, -0.05) is 17.7 Å². The zero-order chi connectivity index (χ0) is 16.3. The van der Waals surface area contributed by atoms with Crippen LogP contribution in [0.2, 0.25) is 0 Å². The van der Waals surface area contributed by atoms with Crippen LogP contribution in [0.3, 0.4) is 0 Å². The van der Waals surface area contributed by atoms with Gasteiger partial charge in [0, 0.05) is 19.1 Å². The average Bonchev–Trinajstić information content (AvgIpc) is 2.48. The smallest absolute Gasteiger partial charge is 0.243 e. The van der Waals surface area contributed by atoms with Crippen LogP contribution in [-0.4, -0.2) is 43.8 Å². The second-order valence-corrected chi connectivity index (χ2v) is 7.73. The van der Waals surface area contributed by atoms with E-state index in [1.807, 2.05) is 6.92 Å². The van der Waals surface area contributed by atoms with Gasteiger partial charge in [-0.2, -0.15) is 4.31 Å². The highest BCUT2D eigenvalue weighted by Gasteiger charge is 2.30. The molecule has 6 nitrogen and oxygen atoms in total. The van der Waals surface area contributed by atoms with E-state index in [0.29, 0.717) is 30.8 Å². The molecule has 1 aliphatic heterocycles. The maximum atomic E-state index is 12.6. The van der Waals surface area contributed by atoms with Gasteiger partial charge in [-0.05, 0) is 38.8 Å². The van der Waals surface area contributed by atoms with Crippen LogP contribution in [0.1, 0.15) is 25.3 Å². The molecule has 1 saturated heterocycles. The molecule has 1 heterocycles. The first-order chi connectivity index (χ1) is 10.3. The second-order valence-electron chi connectivity index (χ2n) is 5.79. The van der Waals surface area contributed by atoms with E-state index < -0.39 is 16.1 Å². The number of halogens is 1. The molecule has 130 valence electrons. The van der Waals surface area contributed by atoms with Crippen molar-refractivity contribution in [2.75, 3.05) is 13.1 Å². The third-order valence-electron chi connectivity index (χ3n) is 3.87. The van der Waals surface area contributed by atoms with E-state index in [0.717, 1.165) is 5.56 Å². The molecule has 1 aromatic rings. The minimum atomic E-state index is -3.45. The molecule has 23 heavy (non-hydrogen) atoms. The van der Waals surface area contributed by atoms with Gasteiger partial charge in [0.2, 0.25) is 15.9 Å². The van der Waals surface area contributed by atoms with Gasteiger partial charge in [0.25, 0.3) is 0 Å². The Labute approximate surface area is 143 Å². The van der Waals surface area contributed by atoms with Gasteiger partial charge >= 0.3 is 0 Å². The third kappa shape index (κ3) is 4.91. The summed E-state index contributed by atoms with van der Waals surface area (Å²) >= 11 is 0. The van der Waals surface area contributed by atoms with Crippen molar-refractivity contribution in [1.29, 1.82) is 0 Å². The Morgan fingerprint density at radius 2 is 1.78 bits per heavy atom. The summed E-state index contributed by atoms with van der Waals surface area (Å²) in [5.41, 5.74) is 6.54. The lowest BCUT2D eigenvalue weighted by Crippen LogP contribution is -2.49. The molecule has 3 N–H and O–H groups in total. The fourth-order valence-corrected chi connectivity index (χ4v) is 3.90. The van der Waals surface area contributed by atoms with E-state index in [2.05, 4.69) is 5.32 Å². The van der Waals surface area contributed by atoms with Crippen molar-refractivity contribution in [3.63, 3.8) is 0 Å². The van der Waals surface area contributed by atoms with Crippen molar-refractivity contribution >= 4 is 28.3 Å². The van der Waals surface area contributed by atoms with Crippen LogP contribution in [-0.2, 0) is 14.8 Å². The quantitative estimate of drug-likeness (QED) is 0.837. The SMILES string of the molecule is Cc1ccc(S(=O)(=O)N2CCC(NC(=O)[C@H](C)N)CC2)cc1.Cl. The highest BCUT2D eigenvalue weighted by molar-refractivity contribution is 7.89. The van der Waals surface area contributed by atoms with Crippen LogP contribution in [0.4, 0.5) is 0 Å². The predicted molar refractivity (Wildman–Crippen MR) is 92.0 cm³/mol. The second kappa shape index (κ2) is 8.10. The zero-order valence-corrected chi connectivity index (χ0v) is 15.0. The average molecular weight is 362 g/mol. The molecule has 0 saturated carbocycles. The Morgan fingerprint density at radius 3 is 2.26 bits per heavy atom. The summed E-state index contributed by atoms with van der Waals surface area (Å²) in [5.74, 6) is -0.195. The number of aryl methyl sites for hydroxylation is 1. The number of nitrogens with zero attached hydrogens (tertiary/aromatic N) is 1. The van der Waals surface area contributed by atoms with E-state index >= 15 is 0 Å². The van der Waals surface area contributed by atoms with Gasteiger partial charge in [-0.15, -0.1) is 12.4 Å². The van der Waals surface area contributed by atoms with Gasteiger partial charge in [0.05, 0.1) is 10.9 Å². The first-order valence-corrected chi connectivity index (χ1v) is 8.87. The first-order valence-electron chi connectivity index (χ1n) is 7.43. The molecule has 0 unspecified atom stereocenters. The Bertz CT molecular complexity index is 624. The fraction of sp³-hybridized carbons (Fsp3) is 0.533. The molecule has 1 amide bonds. The summed E-state index contributed by atoms with van der Waals surface area (Å²) in [6.07, 6.45) is 1.20. The van der Waals surface area contributed by atoms with E-state index in [1.165, 1.54) is 4.31 Å². The van der Waals surface area contributed by atoms with Crippen LogP contribution in [0.5, 0.6) is 0 Å². The van der Waals surface area contributed by atoms with Crippen LogP contribution < -0.4 is 11.1 Å². The standard InChI is InChI=1S/C15H23N3O3S.ClH/c1-11-3-5-14(6-4-11)22(20,21)18-9-7-13(8-10-18)17-15(19)12(2)16;/h3-6,12-13H,7-10,16H2,1-2H3,(H,17,19);1H/t12-;/m0./s1. The van der Waals surface area contributed by atoms with E-state index in [1.54, 1.807) is 31.2 Å². The molecule has 0 spiro atoms. The van der Waals surface area contributed by atoms with E-state index in [9.17, 15) is 13.2 Å². The normalized spacial score (nSPS) is 18.0. The molecular formula is C15H24ClN3O3S. The molecule has 1 aliphatic rings. The molecule has 8 heteroatoms. The van der Waals surface area contributed by atoms with Gasteiger partial charge < -0.3 is 11.1 Å². The van der Waals surface area contributed by atoms with Gasteiger partial charge in [-0.3, -0.25) is 4.79 Å². The van der Waals surface area contributed by atoms with Crippen molar-refractivity contribution in [3.8, 4) is 0 Å². The Hall–Kier alpha value is -1.15. The maximum Gasteiger partial charge on any atom is 0.243 e. The maximum absolute atomic E-state index is 12.6. The highest BCUT2D eigenvalue weighted by atomic mass is 35.5. The number of carbonyl (C=O) groups excluding carboxylic acids is 1. The van der Waals surface area contributed by atoms with Crippen LogP contribution >= 0.6 is 12.4 Å². The topological polar surface area (TPSA) is 92.5 Å². The monoisotopic (exact) mass is 361 g/mol. The molecule has 0 bridgehead atoms. The van der Waals surface area contributed by atoms with Crippen molar-refractivity contribution in [2.45, 2.75) is 43.7 Å². The number of amides is 1. The third-order valence-corrected chi connectivity index (χ3v) is 5.79. The molecule has 1 fully saturated rings. The molecule has 2 rings (SSSR count). The molecule has 0 radical (unpaired) electrons. The molecule has 1 aromatic carbocycles. The predicted octanol–water partition coefficient (Wildman–Crippen LogP) is 1.03. The van der Waals surface area contributed by atoms with Crippen LogP contribution in [0.25, 0.3) is 0 Å². The summed E-state index contributed by atoms with van der Waals surface area (Å²) in [6.45, 7) is 4.36. The lowest BCUT2D eigenvalue weighted by molar-refractivity contribution is -0.122. The number of carbonyl (C=O) groups is 1. The number of sulfonamides is 1. The first kappa shape index (κ1) is 19.9. The summed E-state index contributed by atoms with van der Waals surface area (Å²) in [7, 11) is -3.45. The van der Waals surface area contributed by atoms with Crippen molar-refractivity contribution in [3.05, 3.63) is 29.8 Å². The fourth-order valence-electron chi connectivity index (χ4n) is 2.43. The lowest BCUT2D eigenvalue weighted by atomic mass is 10.1. The molecule has 0 aromatic heterocycles. The summed E-state index contributed by atoms with van der Waals surface area (Å²) < 4.78 is 26.6. The van der Waals surface area contributed by atoms with Crippen molar-refractivity contribution < 1.29 is 13.2 Å². The number of nitrogens with one attached hydrogen (secondary N) is 1. The van der Waals surface area contributed by atoms with Gasteiger partial charge in [0.1, 0.15) is 0 Å². The van der Waals surface area contributed by atoms with Crippen LogP contribution in [0, 0.1) is 6.92 Å². The summed E-state index contributed by atoms with van der Waals surface area (Å²) in [6, 6.07) is 6.30. The van der Waals surface area contributed by atoms with Crippen molar-refractivity contribution in [1.82, 2.24) is 9.62 Å². The number of piperidine rings is 1. The highest BCUT2D eigenvalue weighted by Crippen LogP contribution is 2.21. The minimum absolute atomic E-state index is 0. The molecule has 0 aliphatic carbocycles. The Morgan fingerprint density at radius 1 is 1.26 bits per heavy atom. The number of nitrogens with two attached hydrogens (primary N) is 1. The lowest BCUT2D eigenvalue weighted by Gasteiger charge is -2.32. The Balaban J connectivity index is 0.00000264. The largest absolute Gasteiger partial charge is 0.352 e. The number of benzene rings is 1. The number of rotatable bonds is 4. The van der Waals surface area contributed by atoms with E-state index in [4.69, 9.17) is 5.73 Å². The summed E-state index contributed by atoms with van der Waals surface area (Å²) in [4.78, 5) is 11.9. The minimum Gasteiger partial charge on any atom is -0.352 e. The summed E-state index contributed by atoms with van der Waals surface area (Å²) in [5, 5.41) is 2.85. The zero-order valence-electron chi connectivity index (χ0n) is 13.4. The van der Waals surface area contributed by atoms with Crippen LogP contribution in [0.15, 0.2) is 29.2 Å². The number of hydrogen-bond donors (Lipinski definition) is 2. The van der Waals surface area contributed by atoms with E-state index in [-0.39, 0.29) is 24.4 Å². The number of hydrogen-bond acceptors (Lipinski definition) is 4. The Kier molecular flexibility index (Phi) is 7.01. The van der Waals surface area contributed by atoms with Crippen molar-refractivity contribution in [2.24, 2.45) is 5.73 Å².